The van der Waals surface area contributed by atoms with Gasteiger partial charge < -0.3 is 25.8 Å². The normalized spacial score (nSPS) is 13.3. The van der Waals surface area contributed by atoms with Gasteiger partial charge in [0.1, 0.15) is 24.7 Å². The first-order chi connectivity index (χ1) is 16.2. The third-order valence-corrected chi connectivity index (χ3v) is 5.08. The number of amides is 3. The van der Waals surface area contributed by atoms with E-state index in [1.54, 1.807) is 50.2 Å². The van der Waals surface area contributed by atoms with Crippen molar-refractivity contribution in [2.24, 2.45) is 5.92 Å². The average molecular weight is 470 g/mol. The molecule has 0 aliphatic rings. The molecule has 0 aliphatic carbocycles. The Labute approximate surface area is 198 Å². The highest BCUT2D eigenvalue weighted by molar-refractivity contribution is 5.92. The number of aliphatic carboxylic acids is 1. The lowest BCUT2D eigenvalue weighted by Crippen LogP contribution is -2.57. The highest BCUT2D eigenvalue weighted by atomic mass is 16.5. The van der Waals surface area contributed by atoms with Gasteiger partial charge in [-0.15, -0.1) is 0 Å². The molecule has 0 unspecified atom stereocenters. The maximum atomic E-state index is 12.8. The Morgan fingerprint density at radius 1 is 0.794 bits per heavy atom. The Morgan fingerprint density at radius 3 is 1.88 bits per heavy atom. The van der Waals surface area contributed by atoms with Crippen molar-refractivity contribution in [3.8, 4) is 0 Å². The van der Waals surface area contributed by atoms with Crippen molar-refractivity contribution in [2.45, 2.75) is 51.9 Å². The van der Waals surface area contributed by atoms with Crippen LogP contribution in [0.25, 0.3) is 0 Å². The van der Waals surface area contributed by atoms with Gasteiger partial charge in [-0.05, 0) is 24.0 Å². The summed E-state index contributed by atoms with van der Waals surface area (Å²) in [6, 6.07) is 14.9. The minimum atomic E-state index is -1.18. The first-order valence-corrected chi connectivity index (χ1v) is 11.0. The molecule has 0 heterocycles. The van der Waals surface area contributed by atoms with Gasteiger partial charge in [0, 0.05) is 6.42 Å². The number of nitrogens with one attached hydrogen (secondary N) is 3. The van der Waals surface area contributed by atoms with Crippen LogP contribution in [0.15, 0.2) is 60.7 Å². The van der Waals surface area contributed by atoms with E-state index in [0.29, 0.717) is 0 Å². The average Bonchev–Trinajstić information content (AvgIpc) is 2.81. The summed E-state index contributed by atoms with van der Waals surface area (Å²) in [4.78, 5) is 49.1. The van der Waals surface area contributed by atoms with Gasteiger partial charge in [-0.1, -0.05) is 74.5 Å². The number of carboxylic acid groups (broad SMARTS) is 1. The van der Waals surface area contributed by atoms with Crippen LogP contribution in [0.3, 0.4) is 0 Å². The van der Waals surface area contributed by atoms with Crippen LogP contribution < -0.4 is 16.0 Å². The minimum Gasteiger partial charge on any atom is -0.480 e. The number of alkyl carbamates (subject to hydrolysis) is 1. The molecular formula is C25H31N3O6. The van der Waals surface area contributed by atoms with Crippen LogP contribution in [0, 0.1) is 5.92 Å². The third-order valence-electron chi connectivity index (χ3n) is 5.08. The summed E-state index contributed by atoms with van der Waals surface area (Å²) in [6.45, 7) is 4.97. The van der Waals surface area contributed by atoms with Gasteiger partial charge in [0.2, 0.25) is 11.8 Å². The molecule has 2 rings (SSSR count). The number of hydrogen-bond donors (Lipinski definition) is 4. The fourth-order valence-corrected chi connectivity index (χ4v) is 3.13. The molecule has 3 amide bonds. The molecule has 9 heteroatoms. The summed E-state index contributed by atoms with van der Waals surface area (Å²) in [5.74, 6) is -2.72. The molecular weight excluding hydrogens is 438 g/mol. The zero-order valence-corrected chi connectivity index (χ0v) is 19.5. The van der Waals surface area contributed by atoms with Gasteiger partial charge in [0.25, 0.3) is 0 Å². The SMILES string of the molecule is CC(C)[C@H](NC(=O)[C@H](C)NC(=O)OCc1ccccc1)C(=O)N[C@@H](Cc1ccccc1)C(=O)O. The van der Waals surface area contributed by atoms with E-state index in [1.807, 2.05) is 24.3 Å². The molecule has 0 spiro atoms. The largest absolute Gasteiger partial charge is 0.480 e. The fourth-order valence-electron chi connectivity index (χ4n) is 3.13. The first-order valence-electron chi connectivity index (χ1n) is 11.0. The van der Waals surface area contributed by atoms with Crippen molar-refractivity contribution in [3.63, 3.8) is 0 Å². The molecule has 2 aromatic carbocycles. The molecule has 182 valence electrons. The van der Waals surface area contributed by atoms with Crippen molar-refractivity contribution in [1.82, 2.24) is 16.0 Å². The second-order valence-corrected chi connectivity index (χ2v) is 8.25. The zero-order chi connectivity index (χ0) is 25.1. The number of hydrogen-bond acceptors (Lipinski definition) is 5. The van der Waals surface area contributed by atoms with Crippen molar-refractivity contribution >= 4 is 23.9 Å². The molecule has 0 fully saturated rings. The lowest BCUT2D eigenvalue weighted by molar-refractivity contribution is -0.142. The number of ether oxygens (including phenoxy) is 1. The highest BCUT2D eigenvalue weighted by Gasteiger charge is 2.30. The van der Waals surface area contributed by atoms with Crippen LogP contribution in [0.4, 0.5) is 4.79 Å². The third kappa shape index (κ3) is 8.57. The topological polar surface area (TPSA) is 134 Å². The van der Waals surface area contributed by atoms with Crippen LogP contribution in [0.5, 0.6) is 0 Å². The van der Waals surface area contributed by atoms with E-state index < -0.39 is 42.0 Å². The van der Waals surface area contributed by atoms with Crippen molar-refractivity contribution in [2.75, 3.05) is 0 Å². The van der Waals surface area contributed by atoms with Crippen LogP contribution in [-0.4, -0.2) is 47.1 Å². The van der Waals surface area contributed by atoms with Crippen molar-refractivity contribution in [1.29, 1.82) is 0 Å². The van der Waals surface area contributed by atoms with E-state index in [-0.39, 0.29) is 18.9 Å². The van der Waals surface area contributed by atoms with Gasteiger partial charge in [-0.25, -0.2) is 9.59 Å². The molecule has 0 saturated carbocycles. The van der Waals surface area contributed by atoms with Gasteiger partial charge >= 0.3 is 12.1 Å². The molecule has 0 bridgehead atoms. The standard InChI is InChI=1S/C25H31N3O6/c1-16(2)21(23(30)27-20(24(31)32)14-18-10-6-4-7-11-18)28-22(29)17(3)26-25(33)34-15-19-12-8-5-9-13-19/h4-13,16-17,20-21H,14-15H2,1-3H3,(H,26,33)(H,27,30)(H,28,29)(H,31,32)/t17-,20-,21-/m0/s1. The van der Waals surface area contributed by atoms with E-state index >= 15 is 0 Å². The number of benzene rings is 2. The summed E-state index contributed by atoms with van der Waals surface area (Å²) in [7, 11) is 0. The van der Waals surface area contributed by atoms with Crippen LogP contribution >= 0.6 is 0 Å². The molecule has 3 atom stereocenters. The zero-order valence-electron chi connectivity index (χ0n) is 19.5. The van der Waals surface area contributed by atoms with Gasteiger partial charge in [0.05, 0.1) is 0 Å². The summed E-state index contributed by atoms with van der Waals surface area (Å²) in [6.07, 6.45) is -0.669. The molecule has 0 saturated heterocycles. The molecule has 2 aromatic rings. The van der Waals surface area contributed by atoms with Crippen molar-refractivity contribution in [3.05, 3.63) is 71.8 Å². The predicted octanol–water partition coefficient (Wildman–Crippen LogP) is 2.25. The number of rotatable bonds is 11. The monoisotopic (exact) mass is 469 g/mol. The number of carbonyl (C=O) groups is 4. The van der Waals surface area contributed by atoms with Gasteiger partial charge in [-0.3, -0.25) is 9.59 Å². The molecule has 9 nitrogen and oxygen atoms in total. The van der Waals surface area contributed by atoms with Crippen LogP contribution in [0.1, 0.15) is 31.9 Å². The number of carbonyl (C=O) groups excluding carboxylic acids is 3. The summed E-state index contributed by atoms with van der Waals surface area (Å²) < 4.78 is 5.11. The van der Waals surface area contributed by atoms with Gasteiger partial charge in [-0.2, -0.15) is 0 Å². The molecule has 0 aromatic heterocycles. The van der Waals surface area contributed by atoms with E-state index in [1.165, 1.54) is 6.92 Å². The second-order valence-electron chi connectivity index (χ2n) is 8.25. The van der Waals surface area contributed by atoms with E-state index in [4.69, 9.17) is 4.74 Å². The van der Waals surface area contributed by atoms with Crippen LogP contribution in [0.2, 0.25) is 0 Å². The highest BCUT2D eigenvalue weighted by Crippen LogP contribution is 2.07. The minimum absolute atomic E-state index is 0.0516. The molecule has 4 N–H and O–H groups in total. The van der Waals surface area contributed by atoms with Gasteiger partial charge in [0.15, 0.2) is 0 Å². The van der Waals surface area contributed by atoms with E-state index in [0.717, 1.165) is 11.1 Å². The Bertz CT molecular complexity index is 965. The summed E-state index contributed by atoms with van der Waals surface area (Å²) in [5.41, 5.74) is 1.56. The maximum Gasteiger partial charge on any atom is 0.408 e. The smallest absolute Gasteiger partial charge is 0.408 e. The lowest BCUT2D eigenvalue weighted by Gasteiger charge is -2.25. The summed E-state index contributed by atoms with van der Waals surface area (Å²) >= 11 is 0. The second kappa shape index (κ2) is 13.0. The first kappa shape index (κ1) is 26.4. The molecule has 34 heavy (non-hydrogen) atoms. The summed E-state index contributed by atoms with van der Waals surface area (Å²) in [5, 5.41) is 17.1. The quantitative estimate of drug-likeness (QED) is 0.399. The predicted molar refractivity (Wildman–Crippen MR) is 126 cm³/mol. The fraction of sp³-hybridized carbons (Fsp3) is 0.360. The Kier molecular flexibility index (Phi) is 10.1. The molecule has 0 aliphatic heterocycles. The Balaban J connectivity index is 1.92. The van der Waals surface area contributed by atoms with E-state index in [2.05, 4.69) is 16.0 Å². The number of carboxylic acids is 1. The Hall–Kier alpha value is -3.88. The van der Waals surface area contributed by atoms with E-state index in [9.17, 15) is 24.3 Å². The maximum absolute atomic E-state index is 12.8. The Morgan fingerprint density at radius 2 is 1.35 bits per heavy atom. The molecule has 0 radical (unpaired) electrons. The van der Waals surface area contributed by atoms with Crippen molar-refractivity contribution < 1.29 is 29.0 Å². The lowest BCUT2D eigenvalue weighted by atomic mass is 10.0. The van der Waals surface area contributed by atoms with Crippen LogP contribution in [-0.2, 0) is 32.1 Å².